The molecule has 0 heterocycles. The van der Waals surface area contributed by atoms with Crippen molar-refractivity contribution in [2.75, 3.05) is 18.4 Å². The van der Waals surface area contributed by atoms with Gasteiger partial charge in [0, 0.05) is 12.1 Å². The molecule has 3 heteroatoms. The minimum absolute atomic E-state index is 0.0353. The molecule has 0 aliphatic carbocycles. The van der Waals surface area contributed by atoms with Gasteiger partial charge < -0.3 is 10.6 Å². The molecule has 2 N–H and O–H groups in total. The van der Waals surface area contributed by atoms with Crippen LogP contribution < -0.4 is 10.6 Å². The predicted molar refractivity (Wildman–Crippen MR) is 66.0 cm³/mol. The van der Waals surface area contributed by atoms with Crippen molar-refractivity contribution in [3.05, 3.63) is 30.3 Å². The molecule has 0 spiro atoms. The van der Waals surface area contributed by atoms with Gasteiger partial charge in [-0.25, -0.2) is 0 Å². The lowest BCUT2D eigenvalue weighted by atomic mass is 10.3. The van der Waals surface area contributed by atoms with Gasteiger partial charge in [-0.05, 0) is 25.1 Å². The van der Waals surface area contributed by atoms with Crippen molar-refractivity contribution < 1.29 is 4.79 Å². The average molecular weight is 216 g/mol. The Morgan fingerprint density at radius 1 is 1.31 bits per heavy atom. The van der Waals surface area contributed by atoms with E-state index >= 15 is 0 Å². The molecule has 0 unspecified atom stereocenters. The van der Waals surface area contributed by atoms with Crippen LogP contribution in [0.3, 0.4) is 0 Å². The van der Waals surface area contributed by atoms with E-state index in [1.807, 2.05) is 30.3 Å². The number of terminal acetylenes is 1. The van der Waals surface area contributed by atoms with Crippen molar-refractivity contribution in [2.45, 2.75) is 12.8 Å². The Morgan fingerprint density at radius 3 is 2.75 bits per heavy atom. The molecule has 0 fully saturated rings. The molecule has 0 aromatic heterocycles. The Morgan fingerprint density at radius 2 is 2.06 bits per heavy atom. The number of amides is 1. The van der Waals surface area contributed by atoms with Crippen molar-refractivity contribution >= 4 is 11.6 Å². The summed E-state index contributed by atoms with van der Waals surface area (Å²) in [4.78, 5) is 11.4. The summed E-state index contributed by atoms with van der Waals surface area (Å²) in [6.07, 6.45) is 6.76. The molecule has 0 atom stereocenters. The maximum Gasteiger partial charge on any atom is 0.238 e. The van der Waals surface area contributed by atoms with Gasteiger partial charge in [0.15, 0.2) is 0 Å². The number of hydrogen-bond acceptors (Lipinski definition) is 2. The number of hydrogen-bond donors (Lipinski definition) is 2. The summed E-state index contributed by atoms with van der Waals surface area (Å²) in [5, 5.41) is 5.82. The largest absolute Gasteiger partial charge is 0.325 e. The maximum absolute atomic E-state index is 11.4. The monoisotopic (exact) mass is 216 g/mol. The molecular formula is C13H16N2O. The summed E-state index contributed by atoms with van der Waals surface area (Å²) >= 11 is 0. The van der Waals surface area contributed by atoms with E-state index in [0.29, 0.717) is 6.54 Å². The van der Waals surface area contributed by atoms with E-state index < -0.39 is 0 Å². The third kappa shape index (κ3) is 5.18. The van der Waals surface area contributed by atoms with Crippen LogP contribution in [-0.2, 0) is 4.79 Å². The molecular weight excluding hydrogens is 200 g/mol. The molecule has 1 aromatic carbocycles. The van der Waals surface area contributed by atoms with Gasteiger partial charge in [0.05, 0.1) is 6.54 Å². The average Bonchev–Trinajstić information content (AvgIpc) is 2.30. The second-order valence-electron chi connectivity index (χ2n) is 3.40. The van der Waals surface area contributed by atoms with Crippen LogP contribution in [0.25, 0.3) is 0 Å². The van der Waals surface area contributed by atoms with E-state index in [1.165, 1.54) is 0 Å². The summed E-state index contributed by atoms with van der Waals surface area (Å²) in [6, 6.07) is 9.39. The maximum atomic E-state index is 11.4. The van der Waals surface area contributed by atoms with E-state index in [1.54, 1.807) is 0 Å². The topological polar surface area (TPSA) is 41.1 Å². The standard InChI is InChI=1S/C13H16N2O/c1-2-3-7-10-14-11-13(16)15-12-8-5-4-6-9-12/h1,4-6,8-9,14H,3,7,10-11H2,(H,15,16). The van der Waals surface area contributed by atoms with Crippen LogP contribution in [-0.4, -0.2) is 19.0 Å². The van der Waals surface area contributed by atoms with Gasteiger partial charge in [-0.1, -0.05) is 18.2 Å². The van der Waals surface area contributed by atoms with Crippen molar-refractivity contribution in [1.29, 1.82) is 0 Å². The number of para-hydroxylation sites is 1. The molecule has 1 amide bonds. The zero-order chi connectivity index (χ0) is 11.6. The fourth-order valence-electron chi connectivity index (χ4n) is 1.24. The van der Waals surface area contributed by atoms with E-state index in [0.717, 1.165) is 25.1 Å². The minimum Gasteiger partial charge on any atom is -0.325 e. The highest BCUT2D eigenvalue weighted by Gasteiger charge is 1.99. The molecule has 3 nitrogen and oxygen atoms in total. The van der Waals surface area contributed by atoms with Crippen LogP contribution in [0.4, 0.5) is 5.69 Å². The van der Waals surface area contributed by atoms with Gasteiger partial charge in [0.2, 0.25) is 5.91 Å². The molecule has 1 rings (SSSR count). The Labute approximate surface area is 96.2 Å². The fraction of sp³-hybridized carbons (Fsp3) is 0.308. The van der Waals surface area contributed by atoms with Crippen molar-refractivity contribution in [3.63, 3.8) is 0 Å². The van der Waals surface area contributed by atoms with Gasteiger partial charge in [0.1, 0.15) is 0 Å². The van der Waals surface area contributed by atoms with Gasteiger partial charge in [-0.3, -0.25) is 4.79 Å². The second kappa shape index (κ2) is 7.49. The predicted octanol–water partition coefficient (Wildman–Crippen LogP) is 1.63. The van der Waals surface area contributed by atoms with Gasteiger partial charge >= 0.3 is 0 Å². The van der Waals surface area contributed by atoms with Crippen LogP contribution in [0.15, 0.2) is 30.3 Å². The fourth-order valence-corrected chi connectivity index (χ4v) is 1.24. The first-order valence-electron chi connectivity index (χ1n) is 5.32. The van der Waals surface area contributed by atoms with Crippen molar-refractivity contribution in [3.8, 4) is 12.3 Å². The van der Waals surface area contributed by atoms with E-state index in [9.17, 15) is 4.79 Å². The number of unbranched alkanes of at least 4 members (excludes halogenated alkanes) is 1. The molecule has 1 aromatic rings. The number of carbonyl (C=O) groups is 1. The third-order valence-electron chi connectivity index (χ3n) is 2.02. The number of carbonyl (C=O) groups excluding carboxylic acids is 1. The molecule has 0 saturated heterocycles. The second-order valence-corrected chi connectivity index (χ2v) is 3.40. The van der Waals surface area contributed by atoms with Crippen molar-refractivity contribution in [2.24, 2.45) is 0 Å². The number of anilines is 1. The zero-order valence-corrected chi connectivity index (χ0v) is 9.20. The highest BCUT2D eigenvalue weighted by atomic mass is 16.1. The lowest BCUT2D eigenvalue weighted by molar-refractivity contribution is -0.115. The molecule has 0 aliphatic rings. The Bertz CT molecular complexity index is 354. The highest BCUT2D eigenvalue weighted by molar-refractivity contribution is 5.92. The van der Waals surface area contributed by atoms with E-state index in [4.69, 9.17) is 6.42 Å². The van der Waals surface area contributed by atoms with E-state index in [-0.39, 0.29) is 5.91 Å². The molecule has 0 radical (unpaired) electrons. The van der Waals surface area contributed by atoms with Gasteiger partial charge in [-0.2, -0.15) is 0 Å². The summed E-state index contributed by atoms with van der Waals surface area (Å²) < 4.78 is 0. The van der Waals surface area contributed by atoms with Crippen LogP contribution in [0.2, 0.25) is 0 Å². The van der Waals surface area contributed by atoms with Crippen LogP contribution in [0.5, 0.6) is 0 Å². The number of nitrogens with one attached hydrogen (secondary N) is 2. The quantitative estimate of drug-likeness (QED) is 0.560. The molecule has 16 heavy (non-hydrogen) atoms. The lowest BCUT2D eigenvalue weighted by Crippen LogP contribution is -2.28. The lowest BCUT2D eigenvalue weighted by Gasteiger charge is -2.05. The SMILES string of the molecule is C#CCCCNCC(=O)Nc1ccccc1. The first-order valence-corrected chi connectivity index (χ1v) is 5.32. The normalized spacial score (nSPS) is 9.44. The Kier molecular flexibility index (Phi) is 5.75. The number of benzene rings is 1. The van der Waals surface area contributed by atoms with Crippen molar-refractivity contribution in [1.82, 2.24) is 5.32 Å². The summed E-state index contributed by atoms with van der Waals surface area (Å²) in [5.41, 5.74) is 0.818. The smallest absolute Gasteiger partial charge is 0.238 e. The summed E-state index contributed by atoms with van der Waals surface area (Å²) in [7, 11) is 0. The molecule has 0 aliphatic heterocycles. The number of rotatable bonds is 6. The summed E-state index contributed by atoms with van der Waals surface area (Å²) in [5.74, 6) is 2.52. The molecule has 0 bridgehead atoms. The van der Waals surface area contributed by atoms with Gasteiger partial charge in [0.25, 0.3) is 0 Å². The Hall–Kier alpha value is -1.79. The first kappa shape index (κ1) is 12.3. The van der Waals surface area contributed by atoms with Crippen LogP contribution >= 0.6 is 0 Å². The minimum atomic E-state index is -0.0353. The molecule has 84 valence electrons. The highest BCUT2D eigenvalue weighted by Crippen LogP contribution is 2.03. The Balaban J connectivity index is 2.15. The van der Waals surface area contributed by atoms with Crippen LogP contribution in [0, 0.1) is 12.3 Å². The third-order valence-corrected chi connectivity index (χ3v) is 2.02. The zero-order valence-electron chi connectivity index (χ0n) is 9.20. The van der Waals surface area contributed by atoms with Crippen LogP contribution in [0.1, 0.15) is 12.8 Å². The molecule has 0 saturated carbocycles. The van der Waals surface area contributed by atoms with E-state index in [2.05, 4.69) is 16.6 Å². The van der Waals surface area contributed by atoms with Gasteiger partial charge in [-0.15, -0.1) is 12.3 Å². The summed E-state index contributed by atoms with van der Waals surface area (Å²) in [6.45, 7) is 1.09. The first-order chi connectivity index (χ1) is 7.83.